The Morgan fingerprint density at radius 1 is 1.33 bits per heavy atom. The average Bonchev–Trinajstić information content (AvgIpc) is 2.93. The molecule has 0 aliphatic carbocycles. The molecular weight excluding hydrogens is 264 g/mol. The lowest BCUT2D eigenvalue weighted by atomic mass is 10.0. The van der Waals surface area contributed by atoms with Crippen molar-refractivity contribution in [3.05, 3.63) is 47.5 Å². The number of nitrogens with zero attached hydrogens (tertiary/aromatic N) is 2. The molecule has 112 valence electrons. The highest BCUT2D eigenvalue weighted by atomic mass is 16.5. The second-order valence-electron chi connectivity index (χ2n) is 5.44. The van der Waals surface area contributed by atoms with Crippen LogP contribution in [0.15, 0.2) is 30.6 Å². The highest BCUT2D eigenvalue weighted by molar-refractivity contribution is 5.29. The highest BCUT2D eigenvalue weighted by Gasteiger charge is 2.24. The van der Waals surface area contributed by atoms with Gasteiger partial charge in [-0.25, -0.2) is 4.98 Å². The largest absolute Gasteiger partial charge is 0.497 e. The third-order valence-corrected chi connectivity index (χ3v) is 4.14. The molecule has 0 radical (unpaired) electrons. The molecule has 1 saturated heterocycles. The summed E-state index contributed by atoms with van der Waals surface area (Å²) in [6.45, 7) is 5.98. The highest BCUT2D eigenvalue weighted by Crippen LogP contribution is 2.25. The maximum atomic E-state index is 5.24. The summed E-state index contributed by atoms with van der Waals surface area (Å²) < 4.78 is 5.24. The van der Waals surface area contributed by atoms with Gasteiger partial charge in [0.25, 0.3) is 0 Å². The van der Waals surface area contributed by atoms with Gasteiger partial charge >= 0.3 is 0 Å². The van der Waals surface area contributed by atoms with Gasteiger partial charge in [0.1, 0.15) is 5.75 Å². The number of piperazine rings is 1. The number of ether oxygens (including phenoxy) is 1. The molecule has 5 heteroatoms. The van der Waals surface area contributed by atoms with Crippen LogP contribution in [0.3, 0.4) is 0 Å². The Hall–Kier alpha value is -1.85. The van der Waals surface area contributed by atoms with Crippen LogP contribution in [0.4, 0.5) is 0 Å². The molecule has 1 fully saturated rings. The SMILES string of the molecule is COc1ccc([C@@H]2CNCCN2Cc2nc[nH]c2C)cc1. The fraction of sp³-hybridized carbons (Fsp3) is 0.438. The Balaban J connectivity index is 1.78. The van der Waals surface area contributed by atoms with E-state index in [1.807, 2.05) is 12.1 Å². The summed E-state index contributed by atoms with van der Waals surface area (Å²) in [6, 6.07) is 8.74. The number of aromatic amines is 1. The normalized spacial score (nSPS) is 19.6. The van der Waals surface area contributed by atoms with E-state index in [9.17, 15) is 0 Å². The number of hydrogen-bond acceptors (Lipinski definition) is 4. The van der Waals surface area contributed by atoms with Crippen molar-refractivity contribution in [1.82, 2.24) is 20.2 Å². The van der Waals surface area contributed by atoms with Crippen molar-refractivity contribution in [2.24, 2.45) is 0 Å². The van der Waals surface area contributed by atoms with Crippen LogP contribution >= 0.6 is 0 Å². The molecule has 1 aliphatic heterocycles. The van der Waals surface area contributed by atoms with E-state index in [4.69, 9.17) is 4.74 Å². The molecule has 3 rings (SSSR count). The standard InChI is InChI=1S/C16H22N4O/c1-12-15(19-11-18-12)10-20-8-7-17-9-16(20)13-3-5-14(21-2)6-4-13/h3-6,11,16-17H,7-10H2,1-2H3,(H,18,19)/t16-/m0/s1. The molecule has 0 bridgehead atoms. The van der Waals surface area contributed by atoms with Gasteiger partial charge in [0.15, 0.2) is 0 Å². The van der Waals surface area contributed by atoms with Crippen molar-refractivity contribution < 1.29 is 4.74 Å². The average molecular weight is 286 g/mol. The maximum absolute atomic E-state index is 5.24. The minimum atomic E-state index is 0.376. The summed E-state index contributed by atoms with van der Waals surface area (Å²) in [5.74, 6) is 0.900. The second kappa shape index (κ2) is 6.28. The number of H-pyrrole nitrogens is 1. The van der Waals surface area contributed by atoms with Crippen molar-refractivity contribution in [3.63, 3.8) is 0 Å². The molecule has 1 aromatic carbocycles. The zero-order valence-corrected chi connectivity index (χ0v) is 12.6. The van der Waals surface area contributed by atoms with E-state index < -0.39 is 0 Å². The Labute approximate surface area is 125 Å². The molecule has 5 nitrogen and oxygen atoms in total. The fourth-order valence-corrected chi connectivity index (χ4v) is 2.83. The number of rotatable bonds is 4. The van der Waals surface area contributed by atoms with Crippen molar-refractivity contribution >= 4 is 0 Å². The molecule has 0 unspecified atom stereocenters. The molecule has 1 aromatic heterocycles. The number of imidazole rings is 1. The molecule has 1 aliphatic rings. The van der Waals surface area contributed by atoms with Crippen LogP contribution in [0.2, 0.25) is 0 Å². The van der Waals surface area contributed by atoms with Crippen LogP contribution in [0, 0.1) is 6.92 Å². The lowest BCUT2D eigenvalue weighted by Crippen LogP contribution is -2.45. The van der Waals surface area contributed by atoms with Gasteiger partial charge < -0.3 is 15.0 Å². The lowest BCUT2D eigenvalue weighted by Gasteiger charge is -2.36. The van der Waals surface area contributed by atoms with E-state index in [2.05, 4.69) is 39.2 Å². The number of methoxy groups -OCH3 is 1. The summed E-state index contributed by atoms with van der Waals surface area (Å²) in [7, 11) is 1.70. The van der Waals surface area contributed by atoms with Crippen LogP contribution in [0.1, 0.15) is 23.0 Å². The topological polar surface area (TPSA) is 53.2 Å². The van der Waals surface area contributed by atoms with E-state index >= 15 is 0 Å². The first kappa shape index (κ1) is 14.1. The van der Waals surface area contributed by atoms with Gasteiger partial charge in [0, 0.05) is 37.9 Å². The first-order valence-electron chi connectivity index (χ1n) is 7.35. The van der Waals surface area contributed by atoms with Gasteiger partial charge in [0.05, 0.1) is 19.1 Å². The Kier molecular flexibility index (Phi) is 4.22. The van der Waals surface area contributed by atoms with Crippen molar-refractivity contribution in [2.75, 3.05) is 26.7 Å². The first-order chi connectivity index (χ1) is 10.3. The quantitative estimate of drug-likeness (QED) is 0.901. The van der Waals surface area contributed by atoms with Gasteiger partial charge in [-0.1, -0.05) is 12.1 Å². The van der Waals surface area contributed by atoms with E-state index in [1.165, 1.54) is 5.56 Å². The predicted octanol–water partition coefficient (Wildman–Crippen LogP) is 1.87. The summed E-state index contributed by atoms with van der Waals surface area (Å²) in [5, 5.41) is 3.48. The van der Waals surface area contributed by atoms with E-state index in [0.29, 0.717) is 6.04 Å². The van der Waals surface area contributed by atoms with E-state index in [1.54, 1.807) is 13.4 Å². The summed E-state index contributed by atoms with van der Waals surface area (Å²) >= 11 is 0. The van der Waals surface area contributed by atoms with Crippen molar-refractivity contribution in [2.45, 2.75) is 19.5 Å². The maximum Gasteiger partial charge on any atom is 0.118 e. The molecule has 21 heavy (non-hydrogen) atoms. The van der Waals surface area contributed by atoms with Crippen LogP contribution in [-0.2, 0) is 6.54 Å². The Morgan fingerprint density at radius 2 is 2.14 bits per heavy atom. The number of benzene rings is 1. The number of nitrogens with one attached hydrogen (secondary N) is 2. The molecule has 2 heterocycles. The molecule has 2 N–H and O–H groups in total. The second-order valence-corrected chi connectivity index (χ2v) is 5.44. The monoisotopic (exact) mass is 286 g/mol. The minimum absolute atomic E-state index is 0.376. The first-order valence-corrected chi connectivity index (χ1v) is 7.35. The molecule has 0 amide bonds. The summed E-state index contributed by atoms with van der Waals surface area (Å²) in [5.41, 5.74) is 3.61. The van der Waals surface area contributed by atoms with Gasteiger partial charge in [-0.2, -0.15) is 0 Å². The number of aryl methyl sites for hydroxylation is 1. The van der Waals surface area contributed by atoms with Crippen LogP contribution in [0.25, 0.3) is 0 Å². The summed E-state index contributed by atoms with van der Waals surface area (Å²) in [6.07, 6.45) is 1.77. The van der Waals surface area contributed by atoms with Crippen LogP contribution in [-0.4, -0.2) is 41.6 Å². The van der Waals surface area contributed by atoms with Gasteiger partial charge in [0.2, 0.25) is 0 Å². The van der Waals surface area contributed by atoms with Crippen molar-refractivity contribution in [1.29, 1.82) is 0 Å². The minimum Gasteiger partial charge on any atom is -0.497 e. The fourth-order valence-electron chi connectivity index (χ4n) is 2.83. The molecule has 2 aromatic rings. The summed E-state index contributed by atoms with van der Waals surface area (Å²) in [4.78, 5) is 10.1. The zero-order valence-electron chi connectivity index (χ0n) is 12.6. The van der Waals surface area contributed by atoms with E-state index in [0.717, 1.165) is 43.3 Å². The molecular formula is C16H22N4O. The zero-order chi connectivity index (χ0) is 14.7. The van der Waals surface area contributed by atoms with Gasteiger partial charge in [-0.3, -0.25) is 4.90 Å². The van der Waals surface area contributed by atoms with Crippen molar-refractivity contribution in [3.8, 4) is 5.75 Å². The number of hydrogen-bond donors (Lipinski definition) is 2. The third kappa shape index (κ3) is 3.09. The van der Waals surface area contributed by atoms with Crippen LogP contribution in [0.5, 0.6) is 5.75 Å². The molecule has 1 atom stereocenters. The van der Waals surface area contributed by atoms with Crippen LogP contribution < -0.4 is 10.1 Å². The van der Waals surface area contributed by atoms with Gasteiger partial charge in [-0.05, 0) is 24.6 Å². The Morgan fingerprint density at radius 3 is 2.81 bits per heavy atom. The molecule has 0 saturated carbocycles. The van der Waals surface area contributed by atoms with E-state index in [-0.39, 0.29) is 0 Å². The molecule has 0 spiro atoms. The number of aromatic nitrogens is 2. The Bertz CT molecular complexity index is 578. The third-order valence-electron chi connectivity index (χ3n) is 4.14. The lowest BCUT2D eigenvalue weighted by molar-refractivity contribution is 0.152. The predicted molar refractivity (Wildman–Crippen MR) is 82.3 cm³/mol. The van der Waals surface area contributed by atoms with Gasteiger partial charge in [-0.15, -0.1) is 0 Å². The smallest absolute Gasteiger partial charge is 0.118 e.